The van der Waals surface area contributed by atoms with Crippen LogP contribution in [-0.4, -0.2) is 19.0 Å². The molecule has 0 saturated carbocycles. The molecule has 1 heterocycles. The molecule has 2 heteroatoms. The lowest BCUT2D eigenvalue weighted by molar-refractivity contribution is -0.121. The van der Waals surface area contributed by atoms with Crippen LogP contribution in [0.15, 0.2) is 30.3 Å². The fraction of sp³-hybridized carbons (Fsp3) is 0.533. The summed E-state index contributed by atoms with van der Waals surface area (Å²) in [4.78, 5) is 12.2. The van der Waals surface area contributed by atoms with Gasteiger partial charge in [-0.05, 0) is 24.3 Å². The lowest BCUT2D eigenvalue weighted by atomic mass is 9.87. The van der Waals surface area contributed by atoms with Gasteiger partial charge >= 0.3 is 0 Å². The van der Waals surface area contributed by atoms with Crippen LogP contribution in [0.5, 0.6) is 0 Å². The molecule has 0 aromatic heterocycles. The first kappa shape index (κ1) is 12.3. The number of rotatable bonds is 4. The van der Waals surface area contributed by atoms with Crippen molar-refractivity contribution in [2.75, 3.05) is 13.2 Å². The summed E-state index contributed by atoms with van der Waals surface area (Å²) >= 11 is 0. The number of carbonyl (C=O) groups is 1. The second-order valence-corrected chi connectivity index (χ2v) is 4.86. The molecule has 0 spiro atoms. The van der Waals surface area contributed by atoms with Crippen LogP contribution < -0.4 is 0 Å². The van der Waals surface area contributed by atoms with E-state index in [2.05, 4.69) is 0 Å². The molecule has 1 aromatic carbocycles. The molecule has 1 aliphatic heterocycles. The van der Waals surface area contributed by atoms with Crippen LogP contribution >= 0.6 is 0 Å². The van der Waals surface area contributed by atoms with E-state index in [1.165, 1.54) is 0 Å². The van der Waals surface area contributed by atoms with Crippen molar-refractivity contribution in [3.63, 3.8) is 0 Å². The minimum atomic E-state index is 0.0269. The molecule has 0 N–H and O–H groups in total. The van der Waals surface area contributed by atoms with Crippen LogP contribution in [0.2, 0.25) is 0 Å². The molecular weight excluding hydrogens is 212 g/mol. The van der Waals surface area contributed by atoms with E-state index in [0.717, 1.165) is 31.6 Å². The number of carbonyl (C=O) groups excluding carboxylic acids is 1. The van der Waals surface area contributed by atoms with Crippen LogP contribution in [0.3, 0.4) is 0 Å². The minimum absolute atomic E-state index is 0.0269. The third kappa shape index (κ3) is 3.40. The summed E-state index contributed by atoms with van der Waals surface area (Å²) in [6, 6.07) is 10.0. The molecular formula is C15H20O2. The fourth-order valence-corrected chi connectivity index (χ4v) is 2.34. The average molecular weight is 232 g/mol. The highest BCUT2D eigenvalue weighted by atomic mass is 16.5. The first-order chi connectivity index (χ1) is 8.27. The lowest BCUT2D eigenvalue weighted by Crippen LogP contribution is -2.21. The van der Waals surface area contributed by atoms with Crippen LogP contribution in [0.1, 0.15) is 37.7 Å². The summed E-state index contributed by atoms with van der Waals surface area (Å²) in [6.07, 6.45) is 2.78. The predicted molar refractivity (Wildman–Crippen MR) is 68.0 cm³/mol. The summed E-state index contributed by atoms with van der Waals surface area (Å²) < 4.78 is 5.32. The summed E-state index contributed by atoms with van der Waals surface area (Å²) in [6.45, 7) is 3.65. The van der Waals surface area contributed by atoms with Crippen LogP contribution in [0.4, 0.5) is 0 Å². The normalized spacial score (nSPS) is 18.9. The molecule has 1 saturated heterocycles. The van der Waals surface area contributed by atoms with Gasteiger partial charge in [0.15, 0.2) is 0 Å². The molecule has 1 aromatic rings. The molecule has 2 nitrogen and oxygen atoms in total. The van der Waals surface area contributed by atoms with Gasteiger partial charge in [0.05, 0.1) is 0 Å². The number of hydrogen-bond donors (Lipinski definition) is 0. The average Bonchev–Trinajstić information content (AvgIpc) is 2.40. The quantitative estimate of drug-likeness (QED) is 0.797. The number of Topliss-reactive ketones (excluding diaryl/α,β-unsaturated/α-hetero) is 1. The number of ether oxygens (including phenoxy) is 1. The zero-order valence-corrected chi connectivity index (χ0v) is 10.4. The summed E-state index contributed by atoms with van der Waals surface area (Å²) in [5.74, 6) is 0.921. The van der Waals surface area contributed by atoms with Gasteiger partial charge in [0.1, 0.15) is 5.78 Å². The summed E-state index contributed by atoms with van der Waals surface area (Å²) in [7, 11) is 0. The monoisotopic (exact) mass is 232 g/mol. The summed E-state index contributed by atoms with van der Waals surface area (Å²) in [5, 5.41) is 0. The van der Waals surface area contributed by atoms with E-state index in [4.69, 9.17) is 4.74 Å². The van der Waals surface area contributed by atoms with Crippen molar-refractivity contribution in [2.45, 2.75) is 32.1 Å². The topological polar surface area (TPSA) is 26.3 Å². The molecule has 0 radical (unpaired) electrons. The smallest absolute Gasteiger partial charge is 0.140 e. The van der Waals surface area contributed by atoms with Gasteiger partial charge in [-0.15, -0.1) is 0 Å². The van der Waals surface area contributed by atoms with Gasteiger partial charge in [0.25, 0.3) is 0 Å². The number of ketones is 1. The van der Waals surface area contributed by atoms with Gasteiger partial charge in [-0.1, -0.05) is 37.3 Å². The van der Waals surface area contributed by atoms with Crippen molar-refractivity contribution in [3.05, 3.63) is 35.9 Å². The third-order valence-corrected chi connectivity index (χ3v) is 3.61. The Bertz CT molecular complexity index is 352. The Morgan fingerprint density at radius 2 is 1.94 bits per heavy atom. The van der Waals surface area contributed by atoms with Crippen molar-refractivity contribution >= 4 is 5.78 Å². The summed E-state index contributed by atoms with van der Waals surface area (Å²) in [5.41, 5.74) is 1.13. The van der Waals surface area contributed by atoms with Gasteiger partial charge in [-0.25, -0.2) is 0 Å². The van der Waals surface area contributed by atoms with E-state index in [-0.39, 0.29) is 5.92 Å². The molecule has 92 valence electrons. The fourth-order valence-electron chi connectivity index (χ4n) is 2.34. The number of hydrogen-bond acceptors (Lipinski definition) is 2. The maximum absolute atomic E-state index is 12.2. The van der Waals surface area contributed by atoms with Gasteiger partial charge in [0.2, 0.25) is 0 Å². The molecule has 1 fully saturated rings. The van der Waals surface area contributed by atoms with Crippen molar-refractivity contribution in [2.24, 2.45) is 5.92 Å². The Labute approximate surface area is 103 Å². The van der Waals surface area contributed by atoms with E-state index >= 15 is 0 Å². The van der Waals surface area contributed by atoms with Crippen molar-refractivity contribution < 1.29 is 9.53 Å². The third-order valence-electron chi connectivity index (χ3n) is 3.61. The van der Waals surface area contributed by atoms with E-state index in [1.54, 1.807) is 0 Å². The van der Waals surface area contributed by atoms with Crippen LogP contribution in [-0.2, 0) is 9.53 Å². The van der Waals surface area contributed by atoms with Gasteiger partial charge < -0.3 is 4.74 Å². The van der Waals surface area contributed by atoms with E-state index in [0.29, 0.717) is 18.1 Å². The zero-order valence-electron chi connectivity index (χ0n) is 10.4. The molecule has 1 aliphatic rings. The van der Waals surface area contributed by atoms with E-state index in [9.17, 15) is 4.79 Å². The molecule has 1 unspecified atom stereocenters. The predicted octanol–water partition coefficient (Wildman–Crippen LogP) is 3.18. The van der Waals surface area contributed by atoms with E-state index in [1.807, 2.05) is 37.3 Å². The van der Waals surface area contributed by atoms with Crippen molar-refractivity contribution in [1.82, 2.24) is 0 Å². The Kier molecular flexibility index (Phi) is 4.32. The van der Waals surface area contributed by atoms with Crippen molar-refractivity contribution in [3.8, 4) is 0 Å². The second kappa shape index (κ2) is 5.97. The first-order valence-corrected chi connectivity index (χ1v) is 6.43. The first-order valence-electron chi connectivity index (χ1n) is 6.43. The van der Waals surface area contributed by atoms with Crippen molar-refractivity contribution in [1.29, 1.82) is 0 Å². The molecule has 0 aliphatic carbocycles. The molecule has 0 amide bonds. The maximum atomic E-state index is 12.2. The number of benzene rings is 1. The standard InChI is InChI=1S/C15H20O2/c1-12(14-5-3-2-4-6-14)15(16)11-13-7-9-17-10-8-13/h2-6,12-13H,7-11H2,1H3. The van der Waals surface area contributed by atoms with Crippen LogP contribution in [0, 0.1) is 5.92 Å². The Hall–Kier alpha value is -1.15. The van der Waals surface area contributed by atoms with Gasteiger partial charge in [-0.2, -0.15) is 0 Å². The molecule has 2 rings (SSSR count). The Balaban J connectivity index is 1.91. The lowest BCUT2D eigenvalue weighted by Gasteiger charge is -2.22. The maximum Gasteiger partial charge on any atom is 0.140 e. The van der Waals surface area contributed by atoms with Gasteiger partial charge in [-0.3, -0.25) is 4.79 Å². The highest BCUT2D eigenvalue weighted by Gasteiger charge is 2.21. The Morgan fingerprint density at radius 1 is 1.29 bits per heavy atom. The highest BCUT2D eigenvalue weighted by Crippen LogP contribution is 2.24. The largest absolute Gasteiger partial charge is 0.381 e. The van der Waals surface area contributed by atoms with E-state index < -0.39 is 0 Å². The zero-order chi connectivity index (χ0) is 12.1. The minimum Gasteiger partial charge on any atom is -0.381 e. The SMILES string of the molecule is CC(C(=O)CC1CCOCC1)c1ccccc1. The highest BCUT2D eigenvalue weighted by molar-refractivity contribution is 5.85. The van der Waals surface area contributed by atoms with Crippen LogP contribution in [0.25, 0.3) is 0 Å². The molecule has 17 heavy (non-hydrogen) atoms. The molecule has 0 bridgehead atoms. The Morgan fingerprint density at radius 3 is 2.59 bits per heavy atom. The van der Waals surface area contributed by atoms with Gasteiger partial charge in [0, 0.05) is 25.6 Å². The molecule has 1 atom stereocenters. The second-order valence-electron chi connectivity index (χ2n) is 4.86.